The second kappa shape index (κ2) is 4.42. The molecule has 0 bridgehead atoms. The molecule has 0 aliphatic rings. The minimum atomic E-state index is -0.272. The third-order valence-corrected chi connectivity index (χ3v) is 2.96. The highest BCUT2D eigenvalue weighted by Crippen LogP contribution is 2.26. The molecule has 1 atom stereocenters. The lowest BCUT2D eigenvalue weighted by molar-refractivity contribution is 0.507. The largest absolute Gasteiger partial charge is 0.419 e. The molecule has 18 heavy (non-hydrogen) atoms. The van der Waals surface area contributed by atoms with Gasteiger partial charge in [-0.1, -0.05) is 30.3 Å². The maximum Gasteiger partial charge on any atom is 0.247 e. The zero-order valence-corrected chi connectivity index (χ0v) is 10.6. The van der Waals surface area contributed by atoms with Gasteiger partial charge in [0.05, 0.1) is 0 Å². The SMILES string of the molecule is C[C@H](Cl)c1nnc(-c2ccc3ccccc3c2)o1. The van der Waals surface area contributed by atoms with Gasteiger partial charge < -0.3 is 4.42 Å². The van der Waals surface area contributed by atoms with Crippen LogP contribution in [0.4, 0.5) is 0 Å². The topological polar surface area (TPSA) is 38.9 Å². The van der Waals surface area contributed by atoms with Gasteiger partial charge in [0, 0.05) is 5.56 Å². The zero-order chi connectivity index (χ0) is 12.5. The molecule has 0 aliphatic heterocycles. The van der Waals surface area contributed by atoms with Crippen LogP contribution >= 0.6 is 11.6 Å². The summed E-state index contributed by atoms with van der Waals surface area (Å²) in [6, 6.07) is 14.2. The average Bonchev–Trinajstić information content (AvgIpc) is 2.88. The predicted molar refractivity (Wildman–Crippen MR) is 71.5 cm³/mol. The Morgan fingerprint density at radius 2 is 1.83 bits per heavy atom. The predicted octanol–water partition coefficient (Wildman–Crippen LogP) is 4.19. The molecule has 3 nitrogen and oxygen atoms in total. The molecule has 2 aromatic carbocycles. The van der Waals surface area contributed by atoms with Crippen LogP contribution in [0.5, 0.6) is 0 Å². The van der Waals surface area contributed by atoms with Crippen molar-refractivity contribution in [2.24, 2.45) is 0 Å². The van der Waals surface area contributed by atoms with Gasteiger partial charge in [0.25, 0.3) is 0 Å². The number of halogens is 1. The van der Waals surface area contributed by atoms with E-state index in [0.717, 1.165) is 10.9 Å². The first-order valence-corrected chi connectivity index (χ1v) is 6.14. The maximum absolute atomic E-state index is 5.90. The summed E-state index contributed by atoms with van der Waals surface area (Å²) in [5, 5.41) is 10.00. The van der Waals surface area contributed by atoms with E-state index in [1.54, 1.807) is 6.92 Å². The van der Waals surface area contributed by atoms with Gasteiger partial charge in [-0.25, -0.2) is 0 Å². The number of hydrogen-bond acceptors (Lipinski definition) is 3. The molecule has 0 saturated carbocycles. The van der Waals surface area contributed by atoms with Crippen molar-refractivity contribution >= 4 is 22.4 Å². The Bertz CT molecular complexity index is 691. The van der Waals surface area contributed by atoms with Crippen molar-refractivity contribution in [1.82, 2.24) is 10.2 Å². The summed E-state index contributed by atoms with van der Waals surface area (Å²) >= 11 is 5.90. The fourth-order valence-corrected chi connectivity index (χ4v) is 1.92. The van der Waals surface area contributed by atoms with Crippen molar-refractivity contribution in [3.63, 3.8) is 0 Å². The number of aromatic nitrogens is 2. The number of benzene rings is 2. The van der Waals surface area contributed by atoms with Crippen molar-refractivity contribution in [2.75, 3.05) is 0 Å². The van der Waals surface area contributed by atoms with Crippen molar-refractivity contribution in [3.05, 3.63) is 48.4 Å². The van der Waals surface area contributed by atoms with Crippen LogP contribution in [-0.2, 0) is 0 Å². The number of nitrogens with zero attached hydrogens (tertiary/aromatic N) is 2. The van der Waals surface area contributed by atoms with Crippen LogP contribution in [0.25, 0.3) is 22.2 Å². The second-order valence-electron chi connectivity index (χ2n) is 4.12. The third-order valence-electron chi connectivity index (χ3n) is 2.78. The van der Waals surface area contributed by atoms with Crippen LogP contribution in [0.1, 0.15) is 18.2 Å². The molecule has 0 fully saturated rings. The Morgan fingerprint density at radius 1 is 1.06 bits per heavy atom. The monoisotopic (exact) mass is 258 g/mol. The Morgan fingerprint density at radius 3 is 2.56 bits per heavy atom. The van der Waals surface area contributed by atoms with Gasteiger partial charge in [-0.15, -0.1) is 21.8 Å². The van der Waals surface area contributed by atoms with Gasteiger partial charge in [-0.05, 0) is 29.8 Å². The number of alkyl halides is 1. The molecule has 90 valence electrons. The second-order valence-corrected chi connectivity index (χ2v) is 4.78. The average molecular weight is 259 g/mol. The molecule has 3 rings (SSSR count). The Balaban J connectivity index is 2.07. The number of rotatable bonds is 2. The zero-order valence-electron chi connectivity index (χ0n) is 9.80. The molecule has 0 N–H and O–H groups in total. The lowest BCUT2D eigenvalue weighted by Gasteiger charge is -1.99. The summed E-state index contributed by atoms with van der Waals surface area (Å²) in [4.78, 5) is 0. The van der Waals surface area contributed by atoms with Gasteiger partial charge in [0.15, 0.2) is 0 Å². The van der Waals surface area contributed by atoms with Crippen LogP contribution in [0.15, 0.2) is 46.9 Å². The van der Waals surface area contributed by atoms with E-state index in [0.29, 0.717) is 11.8 Å². The molecule has 3 aromatic rings. The fourth-order valence-electron chi connectivity index (χ4n) is 1.83. The smallest absolute Gasteiger partial charge is 0.247 e. The molecule has 1 aromatic heterocycles. The summed E-state index contributed by atoms with van der Waals surface area (Å²) in [7, 11) is 0. The molecule has 0 amide bonds. The maximum atomic E-state index is 5.90. The van der Waals surface area contributed by atoms with E-state index in [2.05, 4.69) is 22.3 Å². The Labute approximate surface area is 109 Å². The quantitative estimate of drug-likeness (QED) is 0.647. The summed E-state index contributed by atoms with van der Waals surface area (Å²) in [5.41, 5.74) is 0.907. The Kier molecular flexibility index (Phi) is 2.76. The van der Waals surface area contributed by atoms with Crippen LogP contribution in [0, 0.1) is 0 Å². The van der Waals surface area contributed by atoms with Crippen LogP contribution in [-0.4, -0.2) is 10.2 Å². The van der Waals surface area contributed by atoms with Crippen molar-refractivity contribution in [3.8, 4) is 11.5 Å². The van der Waals surface area contributed by atoms with Crippen molar-refractivity contribution < 1.29 is 4.42 Å². The van der Waals surface area contributed by atoms with Gasteiger partial charge in [0.1, 0.15) is 5.38 Å². The minimum absolute atomic E-state index is 0.272. The molecule has 0 unspecified atom stereocenters. The van der Waals surface area contributed by atoms with Crippen molar-refractivity contribution in [1.29, 1.82) is 0 Å². The normalized spacial score (nSPS) is 12.8. The van der Waals surface area contributed by atoms with E-state index in [1.165, 1.54) is 5.39 Å². The minimum Gasteiger partial charge on any atom is -0.419 e. The molecule has 0 aliphatic carbocycles. The van der Waals surface area contributed by atoms with E-state index in [9.17, 15) is 0 Å². The van der Waals surface area contributed by atoms with Crippen LogP contribution < -0.4 is 0 Å². The van der Waals surface area contributed by atoms with Gasteiger partial charge in [-0.2, -0.15) is 0 Å². The Hall–Kier alpha value is -1.87. The van der Waals surface area contributed by atoms with E-state index in [-0.39, 0.29) is 5.38 Å². The summed E-state index contributed by atoms with van der Waals surface area (Å²) in [6.45, 7) is 1.80. The number of hydrogen-bond donors (Lipinski definition) is 0. The van der Waals surface area contributed by atoms with Gasteiger partial charge >= 0.3 is 0 Å². The first-order chi connectivity index (χ1) is 8.74. The molecule has 0 saturated heterocycles. The lowest BCUT2D eigenvalue weighted by atomic mass is 10.1. The van der Waals surface area contributed by atoms with E-state index in [4.69, 9.17) is 16.0 Å². The van der Waals surface area contributed by atoms with Crippen LogP contribution in [0.3, 0.4) is 0 Å². The molecule has 1 heterocycles. The van der Waals surface area contributed by atoms with Crippen molar-refractivity contribution in [2.45, 2.75) is 12.3 Å². The standard InChI is InChI=1S/C14H11ClN2O/c1-9(15)13-16-17-14(18-13)12-7-6-10-4-2-3-5-11(10)8-12/h2-9H,1H3/t9-/m0/s1. The molecular formula is C14H11ClN2O. The fraction of sp³-hybridized carbons (Fsp3) is 0.143. The summed E-state index contributed by atoms with van der Waals surface area (Å²) < 4.78 is 5.53. The highest BCUT2D eigenvalue weighted by molar-refractivity contribution is 6.20. The summed E-state index contributed by atoms with van der Waals surface area (Å²) in [6.07, 6.45) is 0. The van der Waals surface area contributed by atoms with E-state index >= 15 is 0 Å². The van der Waals surface area contributed by atoms with E-state index < -0.39 is 0 Å². The van der Waals surface area contributed by atoms with Gasteiger partial charge in [-0.3, -0.25) is 0 Å². The van der Waals surface area contributed by atoms with Gasteiger partial charge in [0.2, 0.25) is 11.8 Å². The molecule has 0 spiro atoms. The third kappa shape index (κ3) is 1.97. The van der Waals surface area contributed by atoms with E-state index in [1.807, 2.05) is 30.3 Å². The first kappa shape index (κ1) is 11.2. The highest BCUT2D eigenvalue weighted by Gasteiger charge is 2.12. The summed E-state index contributed by atoms with van der Waals surface area (Å²) in [5.74, 6) is 0.947. The van der Waals surface area contributed by atoms with Crippen LogP contribution in [0.2, 0.25) is 0 Å². The lowest BCUT2D eigenvalue weighted by Crippen LogP contribution is -1.81. The number of fused-ring (bicyclic) bond motifs is 1. The molecule has 0 radical (unpaired) electrons. The highest BCUT2D eigenvalue weighted by atomic mass is 35.5. The first-order valence-electron chi connectivity index (χ1n) is 5.71. The molecule has 4 heteroatoms. The molecular weight excluding hydrogens is 248 g/mol.